The van der Waals surface area contributed by atoms with Crippen molar-refractivity contribution in [3.63, 3.8) is 0 Å². The van der Waals surface area contributed by atoms with Crippen LogP contribution in [0.3, 0.4) is 0 Å². The molecule has 0 aliphatic heterocycles. The van der Waals surface area contributed by atoms with Crippen molar-refractivity contribution >= 4 is 34.9 Å². The number of non-ortho nitro benzene ring substituents is 1. The Morgan fingerprint density at radius 3 is 2.52 bits per heavy atom. The van der Waals surface area contributed by atoms with E-state index in [2.05, 4.69) is 5.32 Å². The van der Waals surface area contributed by atoms with Gasteiger partial charge in [0.2, 0.25) is 0 Å². The van der Waals surface area contributed by atoms with Gasteiger partial charge in [0.1, 0.15) is 5.75 Å². The summed E-state index contributed by atoms with van der Waals surface area (Å²) in [5.41, 5.74) is 0.0986. The van der Waals surface area contributed by atoms with Gasteiger partial charge in [-0.2, -0.15) is 0 Å². The summed E-state index contributed by atoms with van der Waals surface area (Å²) >= 11 is 5.90. The van der Waals surface area contributed by atoms with Crippen molar-refractivity contribution < 1.29 is 24.0 Å². The summed E-state index contributed by atoms with van der Waals surface area (Å²) < 4.78 is 10.3. The van der Waals surface area contributed by atoms with E-state index in [1.54, 1.807) is 12.1 Å². The molecule has 0 aliphatic rings. The molecule has 0 saturated heterocycles. The summed E-state index contributed by atoms with van der Waals surface area (Å²) in [6.45, 7) is 1.99. The highest BCUT2D eigenvalue weighted by Crippen LogP contribution is 2.26. The lowest BCUT2D eigenvalue weighted by Crippen LogP contribution is -2.21. The van der Waals surface area contributed by atoms with E-state index in [1.165, 1.54) is 24.3 Å². The van der Waals surface area contributed by atoms with Crippen LogP contribution in [0.15, 0.2) is 42.5 Å². The summed E-state index contributed by atoms with van der Waals surface area (Å²) in [6, 6.07) is 9.96. The number of ether oxygens (including phenoxy) is 2. The normalized spacial score (nSPS) is 10.1. The number of esters is 1. The molecule has 0 radical (unpaired) electrons. The van der Waals surface area contributed by atoms with E-state index in [-0.39, 0.29) is 22.0 Å². The SMILES string of the molecule is CCCOc1ccc(C(=O)OCC(=O)Nc2cc([N+](=O)[O-])ccc2Cl)cc1. The van der Waals surface area contributed by atoms with Crippen molar-refractivity contribution in [1.29, 1.82) is 0 Å². The molecule has 0 atom stereocenters. The highest BCUT2D eigenvalue weighted by molar-refractivity contribution is 6.33. The van der Waals surface area contributed by atoms with Crippen LogP contribution in [0, 0.1) is 10.1 Å². The molecule has 0 bridgehead atoms. The van der Waals surface area contributed by atoms with Crippen LogP contribution in [-0.4, -0.2) is 30.0 Å². The molecule has 9 heteroatoms. The first-order valence-electron chi connectivity index (χ1n) is 8.04. The van der Waals surface area contributed by atoms with Crippen LogP contribution in [0.25, 0.3) is 0 Å². The van der Waals surface area contributed by atoms with Crippen molar-refractivity contribution in [3.05, 3.63) is 63.2 Å². The Morgan fingerprint density at radius 1 is 1.19 bits per heavy atom. The molecule has 0 saturated carbocycles. The molecule has 142 valence electrons. The number of carbonyl (C=O) groups is 2. The summed E-state index contributed by atoms with van der Waals surface area (Å²) in [5, 5.41) is 13.3. The molecule has 0 heterocycles. The number of nitrogens with zero attached hydrogens (tertiary/aromatic N) is 1. The molecule has 1 amide bonds. The van der Waals surface area contributed by atoms with Crippen LogP contribution in [0.4, 0.5) is 11.4 Å². The first kappa shape index (κ1) is 20.2. The topological polar surface area (TPSA) is 108 Å². The maximum Gasteiger partial charge on any atom is 0.338 e. The van der Waals surface area contributed by atoms with Gasteiger partial charge in [-0.1, -0.05) is 18.5 Å². The number of benzene rings is 2. The zero-order valence-corrected chi connectivity index (χ0v) is 15.2. The molecule has 2 aromatic carbocycles. The molecule has 0 aliphatic carbocycles. The average Bonchev–Trinajstić information content (AvgIpc) is 2.66. The third-order valence-electron chi connectivity index (χ3n) is 3.33. The smallest absolute Gasteiger partial charge is 0.338 e. The second kappa shape index (κ2) is 9.54. The molecular weight excluding hydrogens is 376 g/mol. The van der Waals surface area contributed by atoms with Gasteiger partial charge in [-0.25, -0.2) is 4.79 Å². The number of carbonyl (C=O) groups excluding carboxylic acids is 2. The van der Waals surface area contributed by atoms with Crippen LogP contribution in [0.1, 0.15) is 23.7 Å². The maximum absolute atomic E-state index is 12.0. The summed E-state index contributed by atoms with van der Waals surface area (Å²) in [4.78, 5) is 34.1. The quantitative estimate of drug-likeness (QED) is 0.415. The van der Waals surface area contributed by atoms with Gasteiger partial charge in [-0.15, -0.1) is 0 Å². The van der Waals surface area contributed by atoms with Gasteiger partial charge in [0.25, 0.3) is 11.6 Å². The molecule has 2 rings (SSSR count). The molecule has 2 aromatic rings. The number of hydrogen-bond donors (Lipinski definition) is 1. The van der Waals surface area contributed by atoms with Crippen LogP contribution in [0.5, 0.6) is 5.75 Å². The summed E-state index contributed by atoms with van der Waals surface area (Å²) in [7, 11) is 0. The molecule has 1 N–H and O–H groups in total. The van der Waals surface area contributed by atoms with E-state index in [0.29, 0.717) is 12.4 Å². The average molecular weight is 393 g/mol. The largest absolute Gasteiger partial charge is 0.494 e. The first-order valence-corrected chi connectivity index (χ1v) is 8.42. The van der Waals surface area contributed by atoms with Crippen molar-refractivity contribution in [2.75, 3.05) is 18.5 Å². The fourth-order valence-corrected chi connectivity index (χ4v) is 2.20. The van der Waals surface area contributed by atoms with Gasteiger partial charge in [0.05, 0.1) is 27.8 Å². The molecule has 0 spiro atoms. The highest BCUT2D eigenvalue weighted by Gasteiger charge is 2.14. The zero-order chi connectivity index (χ0) is 19.8. The van der Waals surface area contributed by atoms with E-state index in [9.17, 15) is 19.7 Å². The van der Waals surface area contributed by atoms with E-state index in [1.807, 2.05) is 6.92 Å². The number of nitro groups is 1. The van der Waals surface area contributed by atoms with E-state index in [4.69, 9.17) is 21.1 Å². The Kier molecular flexibility index (Phi) is 7.13. The van der Waals surface area contributed by atoms with Crippen LogP contribution < -0.4 is 10.1 Å². The lowest BCUT2D eigenvalue weighted by molar-refractivity contribution is -0.384. The molecule has 0 aromatic heterocycles. The number of hydrogen-bond acceptors (Lipinski definition) is 6. The molecule has 0 fully saturated rings. The van der Waals surface area contributed by atoms with Gasteiger partial charge in [0.15, 0.2) is 6.61 Å². The number of amides is 1. The number of nitrogens with one attached hydrogen (secondary N) is 1. The second-order valence-corrected chi connectivity index (χ2v) is 5.83. The molecular formula is C18H17ClN2O6. The maximum atomic E-state index is 12.0. The van der Waals surface area contributed by atoms with Gasteiger partial charge >= 0.3 is 5.97 Å². The molecule has 0 unspecified atom stereocenters. The van der Waals surface area contributed by atoms with Crippen LogP contribution in [0.2, 0.25) is 5.02 Å². The monoisotopic (exact) mass is 392 g/mol. The Balaban J connectivity index is 1.90. The van der Waals surface area contributed by atoms with Crippen LogP contribution in [-0.2, 0) is 9.53 Å². The van der Waals surface area contributed by atoms with Gasteiger partial charge < -0.3 is 14.8 Å². The predicted molar refractivity (Wildman–Crippen MR) is 99.2 cm³/mol. The van der Waals surface area contributed by atoms with E-state index in [0.717, 1.165) is 12.5 Å². The molecule has 8 nitrogen and oxygen atoms in total. The number of anilines is 1. The van der Waals surface area contributed by atoms with Crippen molar-refractivity contribution in [1.82, 2.24) is 0 Å². The third kappa shape index (κ3) is 5.96. The summed E-state index contributed by atoms with van der Waals surface area (Å²) in [5.74, 6) is -0.725. The Morgan fingerprint density at radius 2 is 1.89 bits per heavy atom. The number of nitro benzene ring substituents is 1. The Bertz CT molecular complexity index is 838. The highest BCUT2D eigenvalue weighted by atomic mass is 35.5. The fourth-order valence-electron chi connectivity index (χ4n) is 2.03. The lowest BCUT2D eigenvalue weighted by Gasteiger charge is -2.09. The van der Waals surface area contributed by atoms with Crippen molar-refractivity contribution in [3.8, 4) is 5.75 Å². The molecule has 27 heavy (non-hydrogen) atoms. The van der Waals surface area contributed by atoms with Crippen LogP contribution >= 0.6 is 11.6 Å². The van der Waals surface area contributed by atoms with Crippen molar-refractivity contribution in [2.24, 2.45) is 0 Å². The minimum Gasteiger partial charge on any atom is -0.494 e. The zero-order valence-electron chi connectivity index (χ0n) is 14.4. The Labute approximate surface area is 160 Å². The van der Waals surface area contributed by atoms with E-state index >= 15 is 0 Å². The van der Waals surface area contributed by atoms with Crippen molar-refractivity contribution in [2.45, 2.75) is 13.3 Å². The standard InChI is InChI=1S/C18H17ClN2O6/c1-2-9-26-14-6-3-12(4-7-14)18(23)27-11-17(22)20-16-10-13(21(24)25)5-8-15(16)19/h3-8,10H,2,9,11H2,1H3,(H,20,22). The first-order chi connectivity index (χ1) is 12.9. The lowest BCUT2D eigenvalue weighted by atomic mass is 10.2. The van der Waals surface area contributed by atoms with Gasteiger partial charge in [0, 0.05) is 12.1 Å². The Hall–Kier alpha value is -3.13. The van der Waals surface area contributed by atoms with E-state index < -0.39 is 23.4 Å². The summed E-state index contributed by atoms with van der Waals surface area (Å²) in [6.07, 6.45) is 0.869. The number of rotatable bonds is 8. The fraction of sp³-hybridized carbons (Fsp3) is 0.222. The minimum atomic E-state index is -0.683. The minimum absolute atomic E-state index is 0.0596. The number of halogens is 1. The van der Waals surface area contributed by atoms with Gasteiger partial charge in [-0.3, -0.25) is 14.9 Å². The van der Waals surface area contributed by atoms with Gasteiger partial charge in [-0.05, 0) is 36.8 Å². The second-order valence-electron chi connectivity index (χ2n) is 5.42. The third-order valence-corrected chi connectivity index (χ3v) is 3.66. The predicted octanol–water partition coefficient (Wildman–Crippen LogP) is 3.83.